The molecule has 0 bridgehead atoms. The maximum absolute atomic E-state index is 6.37. The van der Waals surface area contributed by atoms with E-state index in [1.54, 1.807) is 0 Å². The fourth-order valence-electron chi connectivity index (χ4n) is 3.01. The summed E-state index contributed by atoms with van der Waals surface area (Å²) in [5.41, 5.74) is 1.24. The Bertz CT molecular complexity index is 389. The van der Waals surface area contributed by atoms with Crippen LogP contribution in [0.2, 0.25) is 0 Å². The van der Waals surface area contributed by atoms with Gasteiger partial charge in [-0.2, -0.15) is 0 Å². The van der Waals surface area contributed by atoms with Crippen molar-refractivity contribution < 1.29 is 4.74 Å². The van der Waals surface area contributed by atoms with Crippen molar-refractivity contribution in [3.8, 4) is 5.75 Å². The third-order valence-electron chi connectivity index (χ3n) is 4.23. The molecular formula is C18H29NO. The Labute approximate surface area is 123 Å². The van der Waals surface area contributed by atoms with Crippen LogP contribution < -0.4 is 10.1 Å². The smallest absolute Gasteiger partial charge is 0.122 e. The summed E-state index contributed by atoms with van der Waals surface area (Å²) < 4.78 is 6.37. The molecule has 20 heavy (non-hydrogen) atoms. The molecule has 1 N–H and O–H groups in total. The lowest BCUT2D eigenvalue weighted by Gasteiger charge is -2.31. The second kappa shape index (κ2) is 8.31. The van der Waals surface area contributed by atoms with Crippen LogP contribution in [0.15, 0.2) is 24.3 Å². The van der Waals surface area contributed by atoms with Crippen molar-refractivity contribution in [3.05, 3.63) is 29.8 Å². The van der Waals surface area contributed by atoms with E-state index in [4.69, 9.17) is 4.74 Å². The summed E-state index contributed by atoms with van der Waals surface area (Å²) in [4.78, 5) is 0. The van der Waals surface area contributed by atoms with Gasteiger partial charge in [-0.05, 0) is 50.8 Å². The molecule has 0 spiro atoms. The van der Waals surface area contributed by atoms with Crippen molar-refractivity contribution in [1.82, 2.24) is 5.32 Å². The molecule has 0 heterocycles. The van der Waals surface area contributed by atoms with Crippen molar-refractivity contribution >= 4 is 0 Å². The SMILES string of the molecule is CCCNC1CCCCCCC1Oc1ccccc1C. The molecule has 1 aliphatic rings. The van der Waals surface area contributed by atoms with E-state index in [0.717, 1.165) is 12.3 Å². The normalized spacial score (nSPS) is 23.9. The molecule has 0 saturated heterocycles. The van der Waals surface area contributed by atoms with Crippen LogP contribution in [-0.2, 0) is 0 Å². The Kier molecular flexibility index (Phi) is 6.38. The van der Waals surface area contributed by atoms with Crippen LogP contribution in [0.3, 0.4) is 0 Å². The summed E-state index contributed by atoms with van der Waals surface area (Å²) in [5, 5.41) is 3.70. The fraction of sp³-hybridized carbons (Fsp3) is 0.667. The fourth-order valence-corrected chi connectivity index (χ4v) is 3.01. The highest BCUT2D eigenvalue weighted by Crippen LogP contribution is 2.25. The summed E-state index contributed by atoms with van der Waals surface area (Å²) in [6.07, 6.45) is 9.29. The molecule has 2 rings (SSSR count). The number of hydrogen-bond donors (Lipinski definition) is 1. The van der Waals surface area contributed by atoms with Crippen LogP contribution in [-0.4, -0.2) is 18.7 Å². The molecule has 1 aromatic carbocycles. The van der Waals surface area contributed by atoms with Gasteiger partial charge in [0.25, 0.3) is 0 Å². The van der Waals surface area contributed by atoms with Crippen molar-refractivity contribution in [3.63, 3.8) is 0 Å². The zero-order chi connectivity index (χ0) is 14.2. The second-order valence-corrected chi connectivity index (χ2v) is 5.97. The first-order valence-corrected chi connectivity index (χ1v) is 8.27. The summed E-state index contributed by atoms with van der Waals surface area (Å²) in [7, 11) is 0. The number of ether oxygens (including phenoxy) is 1. The molecule has 0 aromatic heterocycles. The van der Waals surface area contributed by atoms with Gasteiger partial charge in [0.2, 0.25) is 0 Å². The summed E-state index contributed by atoms with van der Waals surface area (Å²) in [5.74, 6) is 1.06. The summed E-state index contributed by atoms with van der Waals surface area (Å²) >= 11 is 0. The van der Waals surface area contributed by atoms with Crippen molar-refractivity contribution in [1.29, 1.82) is 0 Å². The molecule has 1 aliphatic carbocycles. The molecular weight excluding hydrogens is 246 g/mol. The van der Waals surface area contributed by atoms with E-state index in [-0.39, 0.29) is 0 Å². The van der Waals surface area contributed by atoms with E-state index in [0.29, 0.717) is 12.1 Å². The largest absolute Gasteiger partial charge is 0.489 e. The van der Waals surface area contributed by atoms with Crippen LogP contribution in [0.25, 0.3) is 0 Å². The van der Waals surface area contributed by atoms with Gasteiger partial charge >= 0.3 is 0 Å². The average Bonchev–Trinajstić information content (AvgIpc) is 2.43. The van der Waals surface area contributed by atoms with E-state index in [1.165, 1.54) is 50.5 Å². The van der Waals surface area contributed by atoms with Gasteiger partial charge in [-0.3, -0.25) is 0 Å². The molecule has 0 amide bonds. The van der Waals surface area contributed by atoms with Gasteiger partial charge < -0.3 is 10.1 Å². The molecule has 2 atom stereocenters. The quantitative estimate of drug-likeness (QED) is 0.856. The predicted octanol–water partition coefficient (Wildman–Crippen LogP) is 4.46. The monoisotopic (exact) mass is 275 g/mol. The lowest BCUT2D eigenvalue weighted by molar-refractivity contribution is 0.126. The third-order valence-corrected chi connectivity index (χ3v) is 4.23. The van der Waals surface area contributed by atoms with Crippen molar-refractivity contribution in [2.24, 2.45) is 0 Å². The molecule has 1 aromatic rings. The Balaban J connectivity index is 2.04. The Morgan fingerprint density at radius 3 is 2.60 bits per heavy atom. The maximum atomic E-state index is 6.37. The Morgan fingerprint density at radius 2 is 1.85 bits per heavy atom. The highest BCUT2D eigenvalue weighted by Gasteiger charge is 2.24. The van der Waals surface area contributed by atoms with Gasteiger partial charge in [-0.1, -0.05) is 44.4 Å². The highest BCUT2D eigenvalue weighted by molar-refractivity contribution is 5.32. The molecule has 0 aliphatic heterocycles. The van der Waals surface area contributed by atoms with Crippen LogP contribution in [0.4, 0.5) is 0 Å². The molecule has 1 fully saturated rings. The maximum Gasteiger partial charge on any atom is 0.122 e. The number of hydrogen-bond acceptors (Lipinski definition) is 2. The minimum atomic E-state index is 0.322. The first kappa shape index (κ1) is 15.4. The minimum absolute atomic E-state index is 0.322. The second-order valence-electron chi connectivity index (χ2n) is 5.97. The number of para-hydroxylation sites is 1. The number of rotatable bonds is 5. The molecule has 1 saturated carbocycles. The predicted molar refractivity (Wildman–Crippen MR) is 85.4 cm³/mol. The van der Waals surface area contributed by atoms with Crippen molar-refractivity contribution in [2.75, 3.05) is 6.54 Å². The lowest BCUT2D eigenvalue weighted by Crippen LogP contribution is -2.44. The number of aryl methyl sites for hydroxylation is 1. The molecule has 2 heteroatoms. The lowest BCUT2D eigenvalue weighted by atomic mass is 9.94. The van der Waals surface area contributed by atoms with E-state index >= 15 is 0 Å². The summed E-state index contributed by atoms with van der Waals surface area (Å²) in [6.45, 7) is 5.46. The zero-order valence-electron chi connectivity index (χ0n) is 13.0. The first-order chi connectivity index (χ1) is 9.81. The van der Waals surface area contributed by atoms with Crippen molar-refractivity contribution in [2.45, 2.75) is 70.9 Å². The minimum Gasteiger partial charge on any atom is -0.489 e. The van der Waals surface area contributed by atoms with E-state index in [9.17, 15) is 0 Å². The van der Waals surface area contributed by atoms with Crippen LogP contribution in [0, 0.1) is 6.92 Å². The topological polar surface area (TPSA) is 21.3 Å². The molecule has 2 unspecified atom stereocenters. The number of nitrogens with one attached hydrogen (secondary N) is 1. The Morgan fingerprint density at radius 1 is 1.10 bits per heavy atom. The molecule has 112 valence electrons. The van der Waals surface area contributed by atoms with E-state index < -0.39 is 0 Å². The number of benzene rings is 1. The van der Waals surface area contributed by atoms with Crippen LogP contribution >= 0.6 is 0 Å². The molecule has 2 nitrogen and oxygen atoms in total. The Hall–Kier alpha value is -1.02. The van der Waals surface area contributed by atoms with Gasteiger partial charge in [-0.15, -0.1) is 0 Å². The van der Waals surface area contributed by atoms with Gasteiger partial charge in [0.15, 0.2) is 0 Å². The van der Waals surface area contributed by atoms with Crippen LogP contribution in [0.5, 0.6) is 5.75 Å². The zero-order valence-corrected chi connectivity index (χ0v) is 13.0. The van der Waals surface area contributed by atoms with Gasteiger partial charge in [-0.25, -0.2) is 0 Å². The van der Waals surface area contributed by atoms with Gasteiger partial charge in [0, 0.05) is 6.04 Å². The highest BCUT2D eigenvalue weighted by atomic mass is 16.5. The van der Waals surface area contributed by atoms with E-state index in [2.05, 4.69) is 43.4 Å². The summed E-state index contributed by atoms with van der Waals surface area (Å²) in [6, 6.07) is 8.89. The van der Waals surface area contributed by atoms with Gasteiger partial charge in [0.1, 0.15) is 11.9 Å². The van der Waals surface area contributed by atoms with Gasteiger partial charge in [0.05, 0.1) is 0 Å². The van der Waals surface area contributed by atoms with E-state index in [1.807, 2.05) is 0 Å². The molecule has 0 radical (unpaired) electrons. The standard InChI is InChI=1S/C18H29NO/c1-3-14-19-16-11-6-4-5-7-13-18(16)20-17-12-9-8-10-15(17)2/h8-10,12,16,18-19H,3-7,11,13-14H2,1-2H3. The van der Waals surface area contributed by atoms with Crippen LogP contribution in [0.1, 0.15) is 57.4 Å². The average molecular weight is 275 g/mol. The first-order valence-electron chi connectivity index (χ1n) is 8.27. The third kappa shape index (κ3) is 4.52.